The molecule has 1 saturated heterocycles. The molecule has 2 heteroatoms. The Balaban J connectivity index is 2.22. The summed E-state index contributed by atoms with van der Waals surface area (Å²) in [4.78, 5) is 2.57. The molecule has 0 amide bonds. The van der Waals surface area contributed by atoms with Crippen LogP contribution in [0.15, 0.2) is 18.2 Å². The summed E-state index contributed by atoms with van der Waals surface area (Å²) < 4.78 is 0. The highest BCUT2D eigenvalue weighted by Crippen LogP contribution is 2.30. The van der Waals surface area contributed by atoms with Crippen LogP contribution in [-0.4, -0.2) is 19.1 Å². The fourth-order valence-corrected chi connectivity index (χ4v) is 3.09. The fourth-order valence-electron chi connectivity index (χ4n) is 3.09. The van der Waals surface area contributed by atoms with Gasteiger partial charge in [0.05, 0.1) is 0 Å². The first-order valence-corrected chi connectivity index (χ1v) is 8.11. The smallest absolute Gasteiger partial charge is 0.0399 e. The molecule has 2 N–H and O–H groups in total. The third kappa shape index (κ3) is 3.54. The Hall–Kier alpha value is -1.02. The molecule has 0 aromatic heterocycles. The van der Waals surface area contributed by atoms with E-state index in [4.69, 9.17) is 5.73 Å². The number of rotatable bonds is 4. The second-order valence-corrected chi connectivity index (χ2v) is 6.69. The minimum absolute atomic E-state index is 0.275. The molecule has 1 aromatic carbocycles. The maximum atomic E-state index is 6.18. The van der Waals surface area contributed by atoms with E-state index >= 15 is 0 Å². The molecule has 3 atom stereocenters. The summed E-state index contributed by atoms with van der Waals surface area (Å²) >= 11 is 0. The van der Waals surface area contributed by atoms with Crippen LogP contribution in [0.1, 0.15) is 44.7 Å². The molecule has 0 radical (unpaired) electrons. The minimum atomic E-state index is 0.275. The Bertz CT molecular complexity index is 441. The van der Waals surface area contributed by atoms with E-state index in [1.54, 1.807) is 0 Å². The standard InChI is InChI=1S/C18H30N2/c1-5-17(19)11-16-10-13(2)6-7-18(16)20-9-8-14(3)15(4)12-20/h6-7,10,14-15,17H,5,8-9,11-12,19H2,1-4H3. The maximum Gasteiger partial charge on any atom is 0.0399 e. The van der Waals surface area contributed by atoms with Crippen molar-refractivity contribution >= 4 is 5.69 Å². The Morgan fingerprint density at radius 2 is 2.05 bits per heavy atom. The van der Waals surface area contributed by atoms with Crippen LogP contribution in [0.4, 0.5) is 5.69 Å². The van der Waals surface area contributed by atoms with Crippen LogP contribution >= 0.6 is 0 Å². The zero-order valence-corrected chi connectivity index (χ0v) is 13.5. The Morgan fingerprint density at radius 3 is 2.70 bits per heavy atom. The number of anilines is 1. The second kappa shape index (κ2) is 6.62. The number of hydrogen-bond donors (Lipinski definition) is 1. The lowest BCUT2D eigenvalue weighted by Gasteiger charge is -2.38. The molecule has 112 valence electrons. The topological polar surface area (TPSA) is 29.3 Å². The average Bonchev–Trinajstić information content (AvgIpc) is 2.42. The zero-order valence-electron chi connectivity index (χ0n) is 13.5. The lowest BCUT2D eigenvalue weighted by Crippen LogP contribution is -2.39. The SMILES string of the molecule is CCC(N)Cc1cc(C)ccc1N1CCC(C)C(C)C1. The van der Waals surface area contributed by atoms with Crippen LogP contribution in [0.3, 0.4) is 0 Å². The van der Waals surface area contributed by atoms with Gasteiger partial charge in [0.1, 0.15) is 0 Å². The molecule has 2 nitrogen and oxygen atoms in total. The number of nitrogens with two attached hydrogens (primary N) is 1. The van der Waals surface area contributed by atoms with Crippen molar-refractivity contribution in [2.45, 2.75) is 53.0 Å². The Morgan fingerprint density at radius 1 is 1.30 bits per heavy atom. The molecule has 1 fully saturated rings. The summed E-state index contributed by atoms with van der Waals surface area (Å²) in [6, 6.07) is 7.14. The van der Waals surface area contributed by atoms with Gasteiger partial charge in [-0.3, -0.25) is 0 Å². The highest BCUT2D eigenvalue weighted by Gasteiger charge is 2.24. The van der Waals surface area contributed by atoms with Gasteiger partial charge < -0.3 is 10.6 Å². The third-order valence-corrected chi connectivity index (χ3v) is 4.92. The normalized spacial score (nSPS) is 24.8. The summed E-state index contributed by atoms with van der Waals surface area (Å²) in [5.41, 5.74) is 10.4. The van der Waals surface area contributed by atoms with Gasteiger partial charge in [0.25, 0.3) is 0 Å². The highest BCUT2D eigenvalue weighted by atomic mass is 15.1. The van der Waals surface area contributed by atoms with Crippen LogP contribution in [0.25, 0.3) is 0 Å². The van der Waals surface area contributed by atoms with Gasteiger partial charge in [0.15, 0.2) is 0 Å². The predicted octanol–water partition coefficient (Wildman–Crippen LogP) is 3.76. The molecule has 0 bridgehead atoms. The molecule has 1 aliphatic rings. The monoisotopic (exact) mass is 274 g/mol. The summed E-state index contributed by atoms with van der Waals surface area (Å²) in [5.74, 6) is 1.62. The van der Waals surface area contributed by atoms with E-state index in [1.807, 2.05) is 0 Å². The molecule has 2 rings (SSSR count). The quantitative estimate of drug-likeness (QED) is 0.906. The van der Waals surface area contributed by atoms with E-state index in [-0.39, 0.29) is 6.04 Å². The summed E-state index contributed by atoms with van der Waals surface area (Å²) in [6.07, 6.45) is 3.34. The van der Waals surface area contributed by atoms with E-state index in [0.717, 1.165) is 24.7 Å². The lowest BCUT2D eigenvalue weighted by atomic mass is 9.88. The van der Waals surface area contributed by atoms with E-state index < -0.39 is 0 Å². The zero-order chi connectivity index (χ0) is 14.7. The molecule has 20 heavy (non-hydrogen) atoms. The van der Waals surface area contributed by atoms with Crippen molar-refractivity contribution in [2.24, 2.45) is 17.6 Å². The number of aryl methyl sites for hydroxylation is 1. The van der Waals surface area contributed by atoms with Gasteiger partial charge in [0.2, 0.25) is 0 Å². The van der Waals surface area contributed by atoms with E-state index in [0.29, 0.717) is 0 Å². The van der Waals surface area contributed by atoms with Crippen molar-refractivity contribution in [1.29, 1.82) is 0 Å². The average molecular weight is 274 g/mol. The molecule has 1 aromatic rings. The highest BCUT2D eigenvalue weighted by molar-refractivity contribution is 5.55. The van der Waals surface area contributed by atoms with E-state index in [9.17, 15) is 0 Å². The van der Waals surface area contributed by atoms with Crippen molar-refractivity contribution in [1.82, 2.24) is 0 Å². The van der Waals surface area contributed by atoms with E-state index in [1.165, 1.54) is 36.3 Å². The second-order valence-electron chi connectivity index (χ2n) is 6.69. The van der Waals surface area contributed by atoms with Crippen molar-refractivity contribution in [3.05, 3.63) is 29.3 Å². The predicted molar refractivity (Wildman–Crippen MR) is 88.3 cm³/mol. The summed E-state index contributed by atoms with van der Waals surface area (Å²) in [6.45, 7) is 11.5. The first-order chi connectivity index (χ1) is 9.51. The van der Waals surface area contributed by atoms with Gasteiger partial charge in [0, 0.05) is 24.8 Å². The van der Waals surface area contributed by atoms with Crippen molar-refractivity contribution in [3.8, 4) is 0 Å². The third-order valence-electron chi connectivity index (χ3n) is 4.92. The molecule has 0 spiro atoms. The molecule has 0 saturated carbocycles. The largest absolute Gasteiger partial charge is 0.371 e. The van der Waals surface area contributed by atoms with Gasteiger partial charge in [-0.2, -0.15) is 0 Å². The van der Waals surface area contributed by atoms with Crippen LogP contribution in [0, 0.1) is 18.8 Å². The molecular formula is C18H30N2. The van der Waals surface area contributed by atoms with Gasteiger partial charge >= 0.3 is 0 Å². The van der Waals surface area contributed by atoms with Crippen LogP contribution < -0.4 is 10.6 Å². The van der Waals surface area contributed by atoms with Crippen molar-refractivity contribution in [3.63, 3.8) is 0 Å². The van der Waals surface area contributed by atoms with Gasteiger partial charge in [-0.1, -0.05) is 38.5 Å². The summed E-state index contributed by atoms with van der Waals surface area (Å²) in [7, 11) is 0. The lowest BCUT2D eigenvalue weighted by molar-refractivity contribution is 0.323. The Labute approximate surface area is 124 Å². The van der Waals surface area contributed by atoms with Crippen molar-refractivity contribution < 1.29 is 0 Å². The molecular weight excluding hydrogens is 244 g/mol. The van der Waals surface area contributed by atoms with Gasteiger partial charge in [-0.15, -0.1) is 0 Å². The Kier molecular flexibility index (Phi) is 5.09. The minimum Gasteiger partial charge on any atom is -0.371 e. The first-order valence-electron chi connectivity index (χ1n) is 8.11. The van der Waals surface area contributed by atoms with Crippen LogP contribution in [0.2, 0.25) is 0 Å². The molecule has 1 heterocycles. The number of piperidine rings is 1. The van der Waals surface area contributed by atoms with Gasteiger partial charge in [-0.05, 0) is 49.7 Å². The van der Waals surface area contributed by atoms with Crippen LogP contribution in [0.5, 0.6) is 0 Å². The number of nitrogens with zero attached hydrogens (tertiary/aromatic N) is 1. The molecule has 3 unspecified atom stereocenters. The fraction of sp³-hybridized carbons (Fsp3) is 0.667. The van der Waals surface area contributed by atoms with Crippen LogP contribution in [-0.2, 0) is 6.42 Å². The van der Waals surface area contributed by atoms with E-state index in [2.05, 4.69) is 50.8 Å². The molecule has 0 aliphatic carbocycles. The number of hydrogen-bond acceptors (Lipinski definition) is 2. The van der Waals surface area contributed by atoms with Crippen molar-refractivity contribution in [2.75, 3.05) is 18.0 Å². The maximum absolute atomic E-state index is 6.18. The first kappa shape index (κ1) is 15.4. The summed E-state index contributed by atoms with van der Waals surface area (Å²) in [5, 5.41) is 0. The molecule has 1 aliphatic heterocycles. The number of benzene rings is 1. The van der Waals surface area contributed by atoms with Gasteiger partial charge in [-0.25, -0.2) is 0 Å².